The molecule has 0 aliphatic rings. The molecule has 0 aliphatic heterocycles. The molecule has 0 N–H and O–H groups in total. The molecule has 6 nitrogen and oxygen atoms in total. The Labute approximate surface area is 206 Å². The van der Waals surface area contributed by atoms with E-state index in [1.54, 1.807) is 8.87 Å². The maximum Gasteiger partial charge on any atom is 0.330 e. The topological polar surface area (TPSA) is 107 Å². The predicted molar refractivity (Wildman–Crippen MR) is 128 cm³/mol. The molecule has 0 radical (unpaired) electrons. The van der Waals surface area contributed by atoms with E-state index in [-0.39, 0.29) is 27.6 Å². The van der Waals surface area contributed by atoms with Gasteiger partial charge in [-0.3, -0.25) is 0 Å². The molecule has 0 aliphatic carbocycles. The average molecular weight is 561 g/mol. The molecule has 32 heavy (non-hydrogen) atoms. The van der Waals surface area contributed by atoms with Crippen molar-refractivity contribution in [3.63, 3.8) is 0 Å². The number of ether oxygens (including phenoxy) is 1. The van der Waals surface area contributed by atoms with Crippen LogP contribution < -0.4 is 10.2 Å². The van der Waals surface area contributed by atoms with Crippen LogP contribution >= 0.6 is 0 Å². The molecule has 0 aromatic rings. The molecule has 186 valence electrons. The predicted octanol–water partition coefficient (Wildman–Crippen LogP) is 4.25. The second-order valence-corrected chi connectivity index (χ2v) is 11.9. The summed E-state index contributed by atoms with van der Waals surface area (Å²) in [6.45, 7) is 6.80. The van der Waals surface area contributed by atoms with Crippen LogP contribution in [0.5, 0.6) is 0 Å². The zero-order valence-electron chi connectivity index (χ0n) is 20.9. The third-order valence-corrected chi connectivity index (χ3v) is 8.49. The van der Waals surface area contributed by atoms with Crippen molar-refractivity contribution in [3.8, 4) is 0 Å². The Morgan fingerprint density at radius 1 is 0.688 bits per heavy atom. The van der Waals surface area contributed by atoms with Gasteiger partial charge in [0.05, 0.1) is 13.1 Å². The fourth-order valence-corrected chi connectivity index (χ4v) is 6.67. The van der Waals surface area contributed by atoms with E-state index in [0.29, 0.717) is 6.08 Å². The van der Waals surface area contributed by atoms with Crippen LogP contribution in [0, 0.1) is 0 Å². The van der Waals surface area contributed by atoms with Crippen molar-refractivity contribution < 1.29 is 29.3 Å². The number of carboxylic acids is 2. The molecule has 0 rings (SSSR count). The third kappa shape index (κ3) is 42.9. The molecular weight excluding hydrogens is 515 g/mol. The van der Waals surface area contributed by atoms with E-state index < -0.39 is 17.9 Å². The summed E-state index contributed by atoms with van der Waals surface area (Å²) in [5, 5.41) is 19.7. The standard InChI is InChI=1S/C12H24O2.C5H6O4.2C4H9.Sn/c1-2-3-4-5-6-7-8-9-10-11-12(13)14;1-9-5(8)3-2-4(6)7;2*1-3-4-2;/h2-11H2,1H3,(H,13,14);2-3H,1H3,(H,6,7);2*1,3-4H2,2H3;/q;;;;+2/p-2. The number of carboxylic acid groups (broad SMARTS) is 2. The zero-order valence-corrected chi connectivity index (χ0v) is 23.8. The van der Waals surface area contributed by atoms with Crippen molar-refractivity contribution in [2.45, 2.75) is 120 Å². The summed E-state index contributed by atoms with van der Waals surface area (Å²) in [4.78, 5) is 29.8. The molecule has 0 amide bonds. The first-order valence-corrected chi connectivity index (χ1v) is 16.3. The van der Waals surface area contributed by atoms with Crippen LogP contribution in [0.15, 0.2) is 12.2 Å². The van der Waals surface area contributed by atoms with Crippen molar-refractivity contribution in [1.82, 2.24) is 0 Å². The molecule has 7 heteroatoms. The van der Waals surface area contributed by atoms with Gasteiger partial charge in [0, 0.05) is 12.0 Å². The van der Waals surface area contributed by atoms with Crippen molar-refractivity contribution in [2.24, 2.45) is 0 Å². The van der Waals surface area contributed by atoms with E-state index in [4.69, 9.17) is 0 Å². The number of esters is 1. The summed E-state index contributed by atoms with van der Waals surface area (Å²) in [7, 11) is 1.15. The molecule has 0 saturated carbocycles. The maximum absolute atomic E-state index is 10.1. The number of rotatable bonds is 18. The van der Waals surface area contributed by atoms with Gasteiger partial charge in [-0.25, -0.2) is 4.79 Å². The largest absolute Gasteiger partial charge is 0.545 e. The molecular formula is C25H46O6Sn. The van der Waals surface area contributed by atoms with E-state index in [2.05, 4.69) is 25.5 Å². The molecule has 0 unspecified atom stereocenters. The minimum atomic E-state index is -1.42. The fourth-order valence-electron chi connectivity index (χ4n) is 2.51. The van der Waals surface area contributed by atoms with Crippen LogP contribution in [0.2, 0.25) is 8.87 Å². The Hall–Kier alpha value is -1.05. The number of aliphatic carboxylic acids is 2. The number of hydrogen-bond acceptors (Lipinski definition) is 6. The van der Waals surface area contributed by atoms with Crippen molar-refractivity contribution >= 4 is 39.1 Å². The first kappa shape index (κ1) is 35.5. The minimum Gasteiger partial charge on any atom is -0.545 e. The molecule has 0 saturated heterocycles. The van der Waals surface area contributed by atoms with Crippen molar-refractivity contribution in [1.29, 1.82) is 0 Å². The summed E-state index contributed by atoms with van der Waals surface area (Å²) >= 11 is 0.149. The monoisotopic (exact) mass is 562 g/mol. The smallest absolute Gasteiger partial charge is 0.330 e. The van der Waals surface area contributed by atoms with Crippen LogP contribution in [0.25, 0.3) is 0 Å². The summed E-state index contributed by atoms with van der Waals surface area (Å²) in [5.74, 6) is -3.03. The second-order valence-electron chi connectivity index (χ2n) is 7.58. The van der Waals surface area contributed by atoms with Crippen LogP contribution in [-0.2, 0) is 19.1 Å². The van der Waals surface area contributed by atoms with Crippen LogP contribution in [0.4, 0.5) is 0 Å². The first-order chi connectivity index (χ1) is 15.3. The van der Waals surface area contributed by atoms with Crippen LogP contribution in [0.1, 0.15) is 111 Å². The normalized spacial score (nSPS) is 9.75. The van der Waals surface area contributed by atoms with Crippen molar-refractivity contribution in [3.05, 3.63) is 12.2 Å². The summed E-state index contributed by atoms with van der Waals surface area (Å²) < 4.78 is 7.33. The van der Waals surface area contributed by atoms with E-state index in [1.807, 2.05) is 0 Å². The molecule has 0 heterocycles. The third-order valence-electron chi connectivity index (χ3n) is 4.46. The summed E-state index contributed by atoms with van der Waals surface area (Å²) in [6, 6.07) is 0. The minimum absolute atomic E-state index is 0.149. The Morgan fingerprint density at radius 2 is 1.12 bits per heavy atom. The van der Waals surface area contributed by atoms with Gasteiger partial charge in [-0.15, -0.1) is 0 Å². The molecule has 0 aromatic carbocycles. The Bertz CT molecular complexity index is 446. The number of methoxy groups -OCH3 is 1. The SMILES string of the molecule is CCCCCCCCCCCC(=O)[O-].CCC[CH2][Sn+2][CH2]CCC.COC(=O)C=CC(=O)[O-]. The number of carbonyl (C=O) groups is 3. The van der Waals surface area contributed by atoms with Gasteiger partial charge in [-0.1, -0.05) is 58.3 Å². The van der Waals surface area contributed by atoms with E-state index in [1.165, 1.54) is 70.6 Å². The van der Waals surface area contributed by atoms with E-state index in [0.717, 1.165) is 26.0 Å². The Balaban J connectivity index is -0.000000411. The van der Waals surface area contributed by atoms with Gasteiger partial charge in [-0.2, -0.15) is 0 Å². The number of hydrogen-bond donors (Lipinski definition) is 0. The molecule has 0 fully saturated rings. The van der Waals surface area contributed by atoms with Gasteiger partial charge in [0.15, 0.2) is 0 Å². The van der Waals surface area contributed by atoms with Gasteiger partial charge in [0.25, 0.3) is 0 Å². The zero-order chi connectivity index (χ0) is 24.9. The van der Waals surface area contributed by atoms with E-state index >= 15 is 0 Å². The molecule has 0 spiro atoms. The Morgan fingerprint density at radius 3 is 1.50 bits per heavy atom. The fraction of sp³-hybridized carbons (Fsp3) is 0.800. The van der Waals surface area contributed by atoms with Crippen molar-refractivity contribution in [2.75, 3.05) is 7.11 Å². The maximum atomic E-state index is 10.1. The quantitative estimate of drug-likeness (QED) is 0.107. The van der Waals surface area contributed by atoms with Gasteiger partial charge < -0.3 is 24.5 Å². The molecule has 0 atom stereocenters. The summed E-state index contributed by atoms with van der Waals surface area (Å²) in [6.07, 6.45) is 18.4. The molecule has 0 aromatic heterocycles. The van der Waals surface area contributed by atoms with Crippen LogP contribution in [0.3, 0.4) is 0 Å². The second kappa shape index (κ2) is 32.1. The molecule has 0 bridgehead atoms. The number of unbranched alkanes of at least 4 members (excludes halogenated alkanes) is 10. The summed E-state index contributed by atoms with van der Waals surface area (Å²) in [5.41, 5.74) is 0. The van der Waals surface area contributed by atoms with E-state index in [9.17, 15) is 24.6 Å². The van der Waals surface area contributed by atoms with Gasteiger partial charge in [0.2, 0.25) is 0 Å². The van der Waals surface area contributed by atoms with Crippen LogP contribution in [-0.4, -0.2) is 46.2 Å². The average Bonchev–Trinajstić information content (AvgIpc) is 2.77. The number of carbonyl (C=O) groups excluding carboxylic acids is 3. The Kier molecular flexibility index (Phi) is 35.7. The van der Waals surface area contributed by atoms with Gasteiger partial charge in [0.1, 0.15) is 0 Å². The van der Waals surface area contributed by atoms with Gasteiger partial charge in [-0.05, 0) is 18.9 Å². The van der Waals surface area contributed by atoms with Gasteiger partial charge >= 0.3 is 75.5 Å². The first-order valence-electron chi connectivity index (χ1n) is 12.2.